The number of hydrazone groups is 1. The van der Waals surface area contributed by atoms with Crippen LogP contribution in [0, 0.1) is 5.82 Å². The van der Waals surface area contributed by atoms with Gasteiger partial charge in [-0.05, 0) is 35.2 Å². The molecule has 0 saturated heterocycles. The van der Waals surface area contributed by atoms with E-state index in [1.165, 1.54) is 18.3 Å². The van der Waals surface area contributed by atoms with Crippen molar-refractivity contribution in [3.05, 3.63) is 72.2 Å². The molecule has 22 heavy (non-hydrogen) atoms. The van der Waals surface area contributed by atoms with Gasteiger partial charge in [-0.15, -0.1) is 0 Å². The zero-order valence-electron chi connectivity index (χ0n) is 11.7. The van der Waals surface area contributed by atoms with Crippen molar-refractivity contribution < 1.29 is 9.18 Å². The third-order valence-electron chi connectivity index (χ3n) is 3.27. The molecule has 0 unspecified atom stereocenters. The molecule has 110 valence electrons. The predicted molar refractivity (Wildman–Crippen MR) is 84.1 cm³/mol. The Balaban J connectivity index is 1.62. The molecule has 0 atom stereocenters. The Bertz CT molecular complexity index is 821. The number of carbonyl (C=O) groups excluding carboxylic acids is 1. The van der Waals surface area contributed by atoms with Crippen LogP contribution in [-0.2, 0) is 11.3 Å². The number of rotatable bonds is 4. The summed E-state index contributed by atoms with van der Waals surface area (Å²) in [4.78, 5) is 11.9. The van der Waals surface area contributed by atoms with Gasteiger partial charge in [-0.3, -0.25) is 4.79 Å². The molecule has 1 N–H and O–H groups in total. The topological polar surface area (TPSA) is 46.4 Å². The van der Waals surface area contributed by atoms with E-state index in [4.69, 9.17) is 0 Å². The molecule has 3 rings (SSSR count). The van der Waals surface area contributed by atoms with Crippen molar-refractivity contribution in [1.82, 2.24) is 9.99 Å². The summed E-state index contributed by atoms with van der Waals surface area (Å²) in [5.74, 6) is -0.527. The lowest BCUT2D eigenvalue weighted by Crippen LogP contribution is -2.22. The molecule has 0 aliphatic heterocycles. The van der Waals surface area contributed by atoms with Crippen LogP contribution in [0.5, 0.6) is 0 Å². The van der Waals surface area contributed by atoms with Crippen molar-refractivity contribution in [3.8, 4) is 0 Å². The number of nitrogens with one attached hydrogen (secondary N) is 1. The van der Waals surface area contributed by atoms with E-state index in [0.717, 1.165) is 10.9 Å². The normalized spacial score (nSPS) is 11.1. The Hall–Kier alpha value is -2.95. The van der Waals surface area contributed by atoms with Gasteiger partial charge < -0.3 is 4.57 Å². The van der Waals surface area contributed by atoms with Crippen LogP contribution >= 0.6 is 0 Å². The van der Waals surface area contributed by atoms with E-state index in [-0.39, 0.29) is 18.3 Å². The van der Waals surface area contributed by atoms with Crippen molar-refractivity contribution in [1.29, 1.82) is 0 Å². The average Bonchev–Trinajstić information content (AvgIpc) is 2.93. The van der Waals surface area contributed by atoms with Crippen LogP contribution in [0.1, 0.15) is 5.56 Å². The minimum absolute atomic E-state index is 0.189. The van der Waals surface area contributed by atoms with Crippen molar-refractivity contribution in [2.75, 3.05) is 0 Å². The molecule has 5 heteroatoms. The van der Waals surface area contributed by atoms with Gasteiger partial charge in [0.1, 0.15) is 12.4 Å². The first-order chi connectivity index (χ1) is 10.7. The summed E-state index contributed by atoms with van der Waals surface area (Å²) in [6, 6.07) is 15.7. The summed E-state index contributed by atoms with van der Waals surface area (Å²) < 4.78 is 14.6. The fourth-order valence-electron chi connectivity index (χ4n) is 2.20. The summed E-state index contributed by atoms with van der Waals surface area (Å²) >= 11 is 0. The van der Waals surface area contributed by atoms with E-state index in [1.54, 1.807) is 12.1 Å². The number of hydrogen-bond donors (Lipinski definition) is 1. The van der Waals surface area contributed by atoms with Gasteiger partial charge in [-0.25, -0.2) is 9.82 Å². The first-order valence-corrected chi connectivity index (χ1v) is 6.84. The molecule has 0 fully saturated rings. The van der Waals surface area contributed by atoms with E-state index < -0.39 is 0 Å². The second-order valence-corrected chi connectivity index (χ2v) is 4.85. The summed E-state index contributed by atoms with van der Waals surface area (Å²) in [5.41, 5.74) is 4.18. The highest BCUT2D eigenvalue weighted by molar-refractivity contribution is 5.84. The first-order valence-electron chi connectivity index (χ1n) is 6.84. The van der Waals surface area contributed by atoms with E-state index >= 15 is 0 Å². The van der Waals surface area contributed by atoms with E-state index in [1.807, 2.05) is 41.1 Å². The Morgan fingerprint density at radius 2 is 1.91 bits per heavy atom. The number of para-hydroxylation sites is 1. The lowest BCUT2D eigenvalue weighted by atomic mass is 10.2. The number of halogens is 1. The molecule has 2 aromatic carbocycles. The van der Waals surface area contributed by atoms with Crippen molar-refractivity contribution >= 4 is 23.0 Å². The van der Waals surface area contributed by atoms with Gasteiger partial charge in [0.2, 0.25) is 0 Å². The molecule has 1 heterocycles. The zero-order chi connectivity index (χ0) is 15.4. The molecular weight excluding hydrogens is 281 g/mol. The molecule has 0 bridgehead atoms. The maximum Gasteiger partial charge on any atom is 0.259 e. The third kappa shape index (κ3) is 3.20. The van der Waals surface area contributed by atoms with E-state index in [9.17, 15) is 9.18 Å². The average molecular weight is 295 g/mol. The molecule has 4 nitrogen and oxygen atoms in total. The SMILES string of the molecule is O=C(Cn1ccc2ccccc21)N/N=C\c1ccc(F)cc1. The van der Waals surface area contributed by atoms with E-state index in [2.05, 4.69) is 10.5 Å². The number of hydrogen-bond acceptors (Lipinski definition) is 2. The number of aromatic nitrogens is 1. The highest BCUT2D eigenvalue weighted by Crippen LogP contribution is 2.14. The molecule has 0 saturated carbocycles. The van der Waals surface area contributed by atoms with Gasteiger partial charge in [0.15, 0.2) is 0 Å². The molecular formula is C17H14FN3O. The molecule has 3 aromatic rings. The number of benzene rings is 2. The van der Waals surface area contributed by atoms with E-state index in [0.29, 0.717) is 5.56 Å². The predicted octanol–water partition coefficient (Wildman–Crippen LogP) is 2.93. The monoisotopic (exact) mass is 295 g/mol. The first kappa shape index (κ1) is 14.0. The van der Waals surface area contributed by atoms with Gasteiger partial charge in [-0.1, -0.05) is 30.3 Å². The minimum atomic E-state index is -0.305. The highest BCUT2D eigenvalue weighted by atomic mass is 19.1. The molecule has 0 radical (unpaired) electrons. The lowest BCUT2D eigenvalue weighted by Gasteiger charge is -2.03. The van der Waals surface area contributed by atoms with Gasteiger partial charge in [0.05, 0.1) is 6.21 Å². The fraction of sp³-hybridized carbons (Fsp3) is 0.0588. The van der Waals surface area contributed by atoms with Crippen LogP contribution in [0.15, 0.2) is 65.9 Å². The van der Waals surface area contributed by atoms with Crippen molar-refractivity contribution in [2.24, 2.45) is 5.10 Å². The van der Waals surface area contributed by atoms with Crippen LogP contribution in [-0.4, -0.2) is 16.7 Å². The quantitative estimate of drug-likeness (QED) is 0.584. The number of carbonyl (C=O) groups is 1. The van der Waals surface area contributed by atoms with Crippen molar-refractivity contribution in [3.63, 3.8) is 0 Å². The van der Waals surface area contributed by atoms with Gasteiger partial charge in [0, 0.05) is 11.7 Å². The van der Waals surface area contributed by atoms with Crippen molar-refractivity contribution in [2.45, 2.75) is 6.54 Å². The second kappa shape index (κ2) is 6.22. The van der Waals surface area contributed by atoms with Gasteiger partial charge in [-0.2, -0.15) is 5.10 Å². The largest absolute Gasteiger partial charge is 0.338 e. The number of nitrogens with zero attached hydrogens (tertiary/aromatic N) is 2. The molecule has 1 aromatic heterocycles. The smallest absolute Gasteiger partial charge is 0.259 e. The molecule has 1 amide bonds. The summed E-state index contributed by atoms with van der Waals surface area (Å²) in [6.45, 7) is 0.189. The Morgan fingerprint density at radius 3 is 2.73 bits per heavy atom. The van der Waals surface area contributed by atoms with Crippen LogP contribution in [0.2, 0.25) is 0 Å². The van der Waals surface area contributed by atoms with Crippen LogP contribution < -0.4 is 5.43 Å². The Morgan fingerprint density at radius 1 is 1.14 bits per heavy atom. The number of fused-ring (bicyclic) bond motifs is 1. The maximum atomic E-state index is 12.8. The molecule has 0 aliphatic rings. The van der Waals surface area contributed by atoms with Crippen LogP contribution in [0.25, 0.3) is 10.9 Å². The van der Waals surface area contributed by atoms with Crippen LogP contribution in [0.3, 0.4) is 0 Å². The zero-order valence-corrected chi connectivity index (χ0v) is 11.7. The Labute approximate surface area is 126 Å². The number of amides is 1. The summed E-state index contributed by atoms with van der Waals surface area (Å²) in [6.07, 6.45) is 3.35. The second-order valence-electron chi connectivity index (χ2n) is 4.85. The Kier molecular flexibility index (Phi) is 3.96. The fourth-order valence-corrected chi connectivity index (χ4v) is 2.20. The standard InChI is InChI=1S/C17H14FN3O/c18-15-7-5-13(6-8-15)11-19-20-17(22)12-21-10-9-14-3-1-2-4-16(14)21/h1-11H,12H2,(H,20,22)/b19-11-. The third-order valence-corrected chi connectivity index (χ3v) is 3.27. The molecule has 0 spiro atoms. The molecule has 0 aliphatic carbocycles. The van der Waals surface area contributed by atoms with Gasteiger partial charge >= 0.3 is 0 Å². The minimum Gasteiger partial charge on any atom is -0.338 e. The summed E-state index contributed by atoms with van der Waals surface area (Å²) in [7, 11) is 0. The highest BCUT2D eigenvalue weighted by Gasteiger charge is 2.04. The summed E-state index contributed by atoms with van der Waals surface area (Å²) in [5, 5.41) is 4.96. The maximum absolute atomic E-state index is 12.8. The lowest BCUT2D eigenvalue weighted by molar-refractivity contribution is -0.121. The van der Waals surface area contributed by atoms with Crippen LogP contribution in [0.4, 0.5) is 4.39 Å². The van der Waals surface area contributed by atoms with Gasteiger partial charge in [0.25, 0.3) is 5.91 Å².